The summed E-state index contributed by atoms with van der Waals surface area (Å²) in [5.41, 5.74) is 2.67. The summed E-state index contributed by atoms with van der Waals surface area (Å²) >= 11 is 6.00. The van der Waals surface area contributed by atoms with E-state index in [4.69, 9.17) is 16.3 Å². The van der Waals surface area contributed by atoms with Gasteiger partial charge in [0.2, 0.25) is 15.9 Å². The minimum Gasteiger partial charge on any atom is -0.496 e. The molecule has 1 aliphatic heterocycles. The van der Waals surface area contributed by atoms with Gasteiger partial charge in [0, 0.05) is 18.1 Å². The van der Waals surface area contributed by atoms with Crippen molar-refractivity contribution < 1.29 is 17.9 Å². The van der Waals surface area contributed by atoms with Gasteiger partial charge < -0.3 is 10.1 Å². The summed E-state index contributed by atoms with van der Waals surface area (Å²) in [7, 11) is -1.90. The lowest BCUT2D eigenvalue weighted by atomic mass is 9.96. The highest BCUT2D eigenvalue weighted by atomic mass is 35.5. The Balaban J connectivity index is 1.67. The first-order chi connectivity index (χ1) is 15.2. The lowest BCUT2D eigenvalue weighted by Gasteiger charge is -2.32. The molecule has 32 heavy (non-hydrogen) atoms. The van der Waals surface area contributed by atoms with Crippen molar-refractivity contribution in [3.8, 4) is 5.75 Å². The standard InChI is InChI=1S/C24H31ClN2O4S/c1-4-22(19-10-11-23(31-3)17(2)13-19)26-24(28)20-8-6-12-27(15-20)32(29,30)16-18-7-5-9-21(25)14-18/h5,7,9-11,13-14,20,22H,4,6,8,12,15-16H2,1-3H3,(H,26,28)/t20-,22-/m0/s1. The molecule has 8 heteroatoms. The first-order valence-corrected chi connectivity index (χ1v) is 12.9. The number of nitrogens with one attached hydrogen (secondary N) is 1. The van der Waals surface area contributed by atoms with E-state index in [1.54, 1.807) is 31.4 Å². The molecule has 174 valence electrons. The molecular formula is C24H31ClN2O4S. The van der Waals surface area contributed by atoms with Gasteiger partial charge in [-0.2, -0.15) is 0 Å². The number of carbonyl (C=O) groups is 1. The lowest BCUT2D eigenvalue weighted by molar-refractivity contribution is -0.126. The first-order valence-electron chi connectivity index (χ1n) is 10.9. The zero-order valence-corrected chi connectivity index (χ0v) is 20.4. The van der Waals surface area contributed by atoms with Gasteiger partial charge in [-0.15, -0.1) is 0 Å². The molecule has 3 rings (SSSR count). The van der Waals surface area contributed by atoms with Gasteiger partial charge in [0.1, 0.15) is 5.75 Å². The fraction of sp³-hybridized carbons (Fsp3) is 0.458. The molecule has 0 unspecified atom stereocenters. The van der Waals surface area contributed by atoms with Gasteiger partial charge in [-0.3, -0.25) is 4.79 Å². The third-order valence-corrected chi connectivity index (χ3v) is 7.98. The Hall–Kier alpha value is -2.09. The molecule has 1 fully saturated rings. The van der Waals surface area contributed by atoms with Crippen molar-refractivity contribution in [3.63, 3.8) is 0 Å². The normalized spacial score (nSPS) is 18.2. The molecule has 0 radical (unpaired) electrons. The third kappa shape index (κ3) is 6.03. The molecule has 0 bridgehead atoms. The van der Waals surface area contributed by atoms with Gasteiger partial charge in [0.15, 0.2) is 0 Å². The largest absolute Gasteiger partial charge is 0.496 e. The predicted molar refractivity (Wildman–Crippen MR) is 127 cm³/mol. The molecule has 1 saturated heterocycles. The number of ether oxygens (including phenoxy) is 1. The number of carbonyl (C=O) groups excluding carboxylic acids is 1. The minimum absolute atomic E-state index is 0.104. The smallest absolute Gasteiger partial charge is 0.224 e. The molecule has 1 N–H and O–H groups in total. The number of aryl methyl sites for hydroxylation is 1. The fourth-order valence-electron chi connectivity index (χ4n) is 4.17. The number of piperidine rings is 1. The number of hydrogen-bond donors (Lipinski definition) is 1. The zero-order valence-electron chi connectivity index (χ0n) is 18.8. The molecule has 1 aliphatic rings. The van der Waals surface area contributed by atoms with Crippen LogP contribution < -0.4 is 10.1 Å². The summed E-state index contributed by atoms with van der Waals surface area (Å²) in [4.78, 5) is 13.0. The van der Waals surface area contributed by atoms with Crippen LogP contribution in [0.25, 0.3) is 0 Å². The van der Waals surface area contributed by atoms with Gasteiger partial charge in [0.25, 0.3) is 0 Å². The average Bonchev–Trinajstić information content (AvgIpc) is 2.77. The van der Waals surface area contributed by atoms with Crippen molar-refractivity contribution in [1.82, 2.24) is 9.62 Å². The second-order valence-corrected chi connectivity index (χ2v) is 10.7. The highest BCUT2D eigenvalue weighted by Gasteiger charge is 2.33. The zero-order chi connectivity index (χ0) is 23.3. The second kappa shape index (κ2) is 10.7. The van der Waals surface area contributed by atoms with Crippen LogP contribution >= 0.6 is 11.6 Å². The molecule has 0 saturated carbocycles. The third-order valence-electron chi connectivity index (χ3n) is 5.93. The maximum atomic E-state index is 13.0. The Morgan fingerprint density at radius 2 is 2.06 bits per heavy atom. The van der Waals surface area contributed by atoms with Crippen molar-refractivity contribution in [2.45, 2.75) is 44.9 Å². The van der Waals surface area contributed by atoms with E-state index in [0.29, 0.717) is 30.0 Å². The molecule has 0 spiro atoms. The van der Waals surface area contributed by atoms with E-state index in [1.807, 2.05) is 32.0 Å². The van der Waals surface area contributed by atoms with E-state index in [2.05, 4.69) is 5.32 Å². The summed E-state index contributed by atoms with van der Waals surface area (Å²) in [6, 6.07) is 12.6. The van der Waals surface area contributed by atoms with Gasteiger partial charge >= 0.3 is 0 Å². The summed E-state index contributed by atoms with van der Waals surface area (Å²) < 4.78 is 32.7. The Bertz CT molecular complexity index is 1060. The van der Waals surface area contributed by atoms with Crippen molar-refractivity contribution in [2.75, 3.05) is 20.2 Å². The molecule has 2 aromatic rings. The molecule has 6 nitrogen and oxygen atoms in total. The highest BCUT2D eigenvalue weighted by molar-refractivity contribution is 7.88. The Morgan fingerprint density at radius 1 is 1.28 bits per heavy atom. The van der Waals surface area contributed by atoms with Gasteiger partial charge in [-0.1, -0.05) is 42.8 Å². The van der Waals surface area contributed by atoms with E-state index in [1.165, 1.54) is 4.31 Å². The van der Waals surface area contributed by atoms with E-state index < -0.39 is 10.0 Å². The van der Waals surface area contributed by atoms with Crippen LogP contribution in [0.15, 0.2) is 42.5 Å². The van der Waals surface area contributed by atoms with Gasteiger partial charge in [-0.25, -0.2) is 12.7 Å². The number of sulfonamides is 1. The van der Waals surface area contributed by atoms with Crippen molar-refractivity contribution >= 4 is 27.5 Å². The number of amides is 1. The van der Waals surface area contributed by atoms with Gasteiger partial charge in [-0.05, 0) is 61.1 Å². The average molecular weight is 479 g/mol. The summed E-state index contributed by atoms with van der Waals surface area (Å²) in [5.74, 6) is 0.215. The summed E-state index contributed by atoms with van der Waals surface area (Å²) in [6.45, 7) is 4.63. The fourth-order valence-corrected chi connectivity index (χ4v) is 5.98. The van der Waals surface area contributed by atoms with Crippen LogP contribution in [-0.2, 0) is 20.6 Å². The summed E-state index contributed by atoms with van der Waals surface area (Å²) in [5, 5.41) is 3.64. The topological polar surface area (TPSA) is 75.7 Å². The van der Waals surface area contributed by atoms with Crippen LogP contribution in [-0.4, -0.2) is 38.8 Å². The number of methoxy groups -OCH3 is 1. The van der Waals surface area contributed by atoms with Crippen LogP contribution in [0.2, 0.25) is 5.02 Å². The van der Waals surface area contributed by atoms with Crippen LogP contribution in [0.4, 0.5) is 0 Å². The van der Waals surface area contributed by atoms with Crippen molar-refractivity contribution in [2.24, 2.45) is 5.92 Å². The molecule has 1 heterocycles. The van der Waals surface area contributed by atoms with Crippen LogP contribution in [0.1, 0.15) is 48.9 Å². The molecule has 1 amide bonds. The number of halogens is 1. The van der Waals surface area contributed by atoms with Crippen LogP contribution in [0.5, 0.6) is 5.75 Å². The van der Waals surface area contributed by atoms with E-state index in [0.717, 1.165) is 23.3 Å². The molecule has 0 aromatic heterocycles. The monoisotopic (exact) mass is 478 g/mol. The molecular weight excluding hydrogens is 448 g/mol. The quantitative estimate of drug-likeness (QED) is 0.607. The number of nitrogens with zero attached hydrogens (tertiary/aromatic N) is 1. The van der Waals surface area contributed by atoms with Crippen LogP contribution in [0, 0.1) is 12.8 Å². The Morgan fingerprint density at radius 3 is 2.72 bits per heavy atom. The minimum atomic E-state index is -3.54. The number of benzene rings is 2. The van der Waals surface area contributed by atoms with E-state index >= 15 is 0 Å². The molecule has 2 aromatic carbocycles. The molecule has 0 aliphatic carbocycles. The first kappa shape index (κ1) is 24.6. The predicted octanol–water partition coefficient (Wildman–Crippen LogP) is 4.47. The van der Waals surface area contributed by atoms with Crippen molar-refractivity contribution in [1.29, 1.82) is 0 Å². The summed E-state index contributed by atoms with van der Waals surface area (Å²) in [6.07, 6.45) is 2.07. The Kier molecular flexibility index (Phi) is 8.20. The van der Waals surface area contributed by atoms with Gasteiger partial charge in [0.05, 0.1) is 24.8 Å². The van der Waals surface area contributed by atoms with Crippen LogP contribution in [0.3, 0.4) is 0 Å². The SMILES string of the molecule is CC[C@H](NC(=O)[C@H]1CCCN(S(=O)(=O)Cc2cccc(Cl)c2)C1)c1ccc(OC)c(C)c1. The maximum Gasteiger partial charge on any atom is 0.224 e. The number of hydrogen-bond acceptors (Lipinski definition) is 4. The lowest BCUT2D eigenvalue weighted by Crippen LogP contribution is -2.46. The second-order valence-electron chi connectivity index (χ2n) is 8.28. The van der Waals surface area contributed by atoms with E-state index in [9.17, 15) is 13.2 Å². The maximum absolute atomic E-state index is 13.0. The highest BCUT2D eigenvalue weighted by Crippen LogP contribution is 2.26. The van der Waals surface area contributed by atoms with E-state index in [-0.39, 0.29) is 30.2 Å². The van der Waals surface area contributed by atoms with Crippen molar-refractivity contribution in [3.05, 3.63) is 64.2 Å². The number of rotatable bonds is 8. The molecule has 2 atom stereocenters. The Labute approximate surface area is 196 Å².